The maximum Gasteiger partial charge on any atom is 0.0602 e. The molecule has 0 amide bonds. The van der Waals surface area contributed by atoms with E-state index in [1.165, 1.54) is 16.7 Å². The fourth-order valence-corrected chi connectivity index (χ4v) is 2.00. The molecule has 0 aliphatic carbocycles. The van der Waals surface area contributed by atoms with Gasteiger partial charge in [0.05, 0.1) is 12.2 Å². The zero-order chi connectivity index (χ0) is 12.8. The second-order valence-electron chi connectivity index (χ2n) is 5.06. The molecule has 1 aromatic carbocycles. The summed E-state index contributed by atoms with van der Waals surface area (Å²) in [6, 6.07) is 6.43. The predicted octanol–water partition coefficient (Wildman–Crippen LogP) is 3.02. The van der Waals surface area contributed by atoms with Gasteiger partial charge in [-0.15, -0.1) is 0 Å². The highest BCUT2D eigenvalue weighted by atomic mass is 16.5. The fourth-order valence-electron chi connectivity index (χ4n) is 2.00. The number of hydrogen-bond acceptors (Lipinski definition) is 2. The Morgan fingerprint density at radius 1 is 1.12 bits per heavy atom. The van der Waals surface area contributed by atoms with Crippen molar-refractivity contribution in [3.8, 4) is 0 Å². The largest absolute Gasteiger partial charge is 0.393 e. The molecule has 2 heteroatoms. The van der Waals surface area contributed by atoms with Crippen LogP contribution in [0.5, 0.6) is 0 Å². The molecule has 1 N–H and O–H groups in total. The van der Waals surface area contributed by atoms with Crippen LogP contribution in [0.2, 0.25) is 0 Å². The van der Waals surface area contributed by atoms with E-state index in [0.29, 0.717) is 19.4 Å². The lowest BCUT2D eigenvalue weighted by Crippen LogP contribution is -2.15. The predicted molar refractivity (Wildman–Crippen MR) is 71.3 cm³/mol. The molecule has 0 fully saturated rings. The monoisotopic (exact) mass is 236 g/mol. The smallest absolute Gasteiger partial charge is 0.0602 e. The summed E-state index contributed by atoms with van der Waals surface area (Å²) in [4.78, 5) is 0. The Hall–Kier alpha value is -0.860. The van der Waals surface area contributed by atoms with Gasteiger partial charge in [-0.05, 0) is 46.1 Å². The SMILES string of the molecule is Cc1cc(C)cc(CC(O)CCOC(C)C)c1. The summed E-state index contributed by atoms with van der Waals surface area (Å²) in [5.74, 6) is 0. The van der Waals surface area contributed by atoms with E-state index in [-0.39, 0.29) is 12.2 Å². The van der Waals surface area contributed by atoms with Crippen LogP contribution in [-0.4, -0.2) is 23.9 Å². The third kappa shape index (κ3) is 5.85. The number of ether oxygens (including phenoxy) is 1. The Balaban J connectivity index is 2.42. The second kappa shape index (κ2) is 6.77. The van der Waals surface area contributed by atoms with Gasteiger partial charge in [0.25, 0.3) is 0 Å². The van der Waals surface area contributed by atoms with Crippen LogP contribution in [0.25, 0.3) is 0 Å². The summed E-state index contributed by atoms with van der Waals surface area (Å²) in [5.41, 5.74) is 3.72. The first-order chi connectivity index (χ1) is 7.97. The Morgan fingerprint density at radius 3 is 2.24 bits per heavy atom. The molecule has 2 nitrogen and oxygen atoms in total. The molecule has 1 unspecified atom stereocenters. The molecule has 0 aromatic heterocycles. The van der Waals surface area contributed by atoms with E-state index >= 15 is 0 Å². The van der Waals surface area contributed by atoms with Crippen LogP contribution in [0.15, 0.2) is 18.2 Å². The van der Waals surface area contributed by atoms with Gasteiger partial charge >= 0.3 is 0 Å². The lowest BCUT2D eigenvalue weighted by molar-refractivity contribution is 0.0470. The molecule has 0 saturated heterocycles. The van der Waals surface area contributed by atoms with Crippen LogP contribution >= 0.6 is 0 Å². The van der Waals surface area contributed by atoms with E-state index in [4.69, 9.17) is 4.74 Å². The van der Waals surface area contributed by atoms with Crippen molar-refractivity contribution in [2.75, 3.05) is 6.61 Å². The van der Waals surface area contributed by atoms with E-state index in [1.807, 2.05) is 13.8 Å². The first kappa shape index (κ1) is 14.2. The van der Waals surface area contributed by atoms with Crippen molar-refractivity contribution in [3.05, 3.63) is 34.9 Å². The first-order valence-electron chi connectivity index (χ1n) is 6.34. The molecule has 0 spiro atoms. The van der Waals surface area contributed by atoms with Gasteiger partial charge in [-0.25, -0.2) is 0 Å². The van der Waals surface area contributed by atoms with Crippen molar-refractivity contribution in [3.63, 3.8) is 0 Å². The highest BCUT2D eigenvalue weighted by molar-refractivity contribution is 5.28. The average Bonchev–Trinajstić information content (AvgIpc) is 2.14. The van der Waals surface area contributed by atoms with Crippen molar-refractivity contribution < 1.29 is 9.84 Å². The van der Waals surface area contributed by atoms with Gasteiger partial charge in [0.1, 0.15) is 0 Å². The van der Waals surface area contributed by atoms with Crippen molar-refractivity contribution in [1.82, 2.24) is 0 Å². The van der Waals surface area contributed by atoms with Crippen LogP contribution < -0.4 is 0 Å². The minimum Gasteiger partial charge on any atom is -0.393 e. The molecule has 0 radical (unpaired) electrons. The van der Waals surface area contributed by atoms with Gasteiger partial charge in [0.15, 0.2) is 0 Å². The summed E-state index contributed by atoms with van der Waals surface area (Å²) in [5, 5.41) is 9.92. The first-order valence-corrected chi connectivity index (χ1v) is 6.34. The van der Waals surface area contributed by atoms with E-state index in [2.05, 4.69) is 32.0 Å². The lowest BCUT2D eigenvalue weighted by atomic mass is 10.0. The van der Waals surface area contributed by atoms with E-state index in [1.54, 1.807) is 0 Å². The number of aryl methyl sites for hydroxylation is 2. The Morgan fingerprint density at radius 2 is 1.71 bits per heavy atom. The summed E-state index contributed by atoms with van der Waals surface area (Å²) in [6.45, 7) is 8.83. The molecule has 17 heavy (non-hydrogen) atoms. The van der Waals surface area contributed by atoms with Crippen molar-refractivity contribution in [2.24, 2.45) is 0 Å². The van der Waals surface area contributed by atoms with Crippen LogP contribution in [0.4, 0.5) is 0 Å². The lowest BCUT2D eigenvalue weighted by Gasteiger charge is -2.13. The zero-order valence-corrected chi connectivity index (χ0v) is 11.4. The average molecular weight is 236 g/mol. The normalized spacial score (nSPS) is 13.1. The number of benzene rings is 1. The van der Waals surface area contributed by atoms with E-state index in [0.717, 1.165) is 0 Å². The van der Waals surface area contributed by atoms with Gasteiger partial charge in [-0.2, -0.15) is 0 Å². The molecule has 0 saturated carbocycles. The zero-order valence-electron chi connectivity index (χ0n) is 11.4. The summed E-state index contributed by atoms with van der Waals surface area (Å²) in [7, 11) is 0. The highest BCUT2D eigenvalue weighted by Gasteiger charge is 2.07. The summed E-state index contributed by atoms with van der Waals surface area (Å²) in [6.07, 6.45) is 1.34. The molecule has 1 rings (SSSR count). The molecular formula is C15H24O2. The third-order valence-corrected chi connectivity index (χ3v) is 2.66. The van der Waals surface area contributed by atoms with Crippen molar-refractivity contribution in [1.29, 1.82) is 0 Å². The van der Waals surface area contributed by atoms with Gasteiger partial charge < -0.3 is 9.84 Å². The fraction of sp³-hybridized carbons (Fsp3) is 0.600. The molecular weight excluding hydrogens is 212 g/mol. The third-order valence-electron chi connectivity index (χ3n) is 2.66. The minimum absolute atomic E-state index is 0.239. The molecule has 0 heterocycles. The van der Waals surface area contributed by atoms with Crippen LogP contribution in [0.3, 0.4) is 0 Å². The standard InChI is InChI=1S/C15H24O2/c1-11(2)17-6-5-15(16)10-14-8-12(3)7-13(4)9-14/h7-9,11,15-16H,5-6,10H2,1-4H3. The van der Waals surface area contributed by atoms with Gasteiger partial charge in [-0.1, -0.05) is 29.3 Å². The minimum atomic E-state index is -0.310. The maximum absolute atomic E-state index is 9.92. The number of aliphatic hydroxyl groups excluding tert-OH is 1. The molecule has 0 aliphatic rings. The number of rotatable bonds is 6. The number of aliphatic hydroxyl groups is 1. The Bertz CT molecular complexity index is 325. The number of hydrogen-bond donors (Lipinski definition) is 1. The molecule has 0 aliphatic heterocycles. The van der Waals surface area contributed by atoms with E-state index < -0.39 is 0 Å². The van der Waals surface area contributed by atoms with Crippen molar-refractivity contribution >= 4 is 0 Å². The quantitative estimate of drug-likeness (QED) is 0.822. The van der Waals surface area contributed by atoms with Crippen LogP contribution in [0, 0.1) is 13.8 Å². The van der Waals surface area contributed by atoms with Gasteiger partial charge in [0, 0.05) is 6.61 Å². The van der Waals surface area contributed by atoms with Crippen molar-refractivity contribution in [2.45, 2.75) is 52.7 Å². The molecule has 1 aromatic rings. The molecule has 1 atom stereocenters. The maximum atomic E-state index is 9.92. The van der Waals surface area contributed by atoms with Gasteiger partial charge in [0.2, 0.25) is 0 Å². The second-order valence-corrected chi connectivity index (χ2v) is 5.06. The van der Waals surface area contributed by atoms with Gasteiger partial charge in [-0.3, -0.25) is 0 Å². The van der Waals surface area contributed by atoms with Crippen LogP contribution in [0.1, 0.15) is 37.0 Å². The van der Waals surface area contributed by atoms with Crippen LogP contribution in [-0.2, 0) is 11.2 Å². The summed E-state index contributed by atoms with van der Waals surface area (Å²) < 4.78 is 5.44. The summed E-state index contributed by atoms with van der Waals surface area (Å²) >= 11 is 0. The topological polar surface area (TPSA) is 29.5 Å². The molecule has 96 valence electrons. The Kier molecular flexibility index (Phi) is 5.66. The Labute approximate surface area is 105 Å². The molecule has 0 bridgehead atoms. The highest BCUT2D eigenvalue weighted by Crippen LogP contribution is 2.12. The van der Waals surface area contributed by atoms with E-state index in [9.17, 15) is 5.11 Å².